The third kappa shape index (κ3) is 3.71. The summed E-state index contributed by atoms with van der Waals surface area (Å²) in [7, 11) is -0.943. The number of carbonyl (C=O) groups excluding carboxylic acids is 1. The molecule has 0 bridgehead atoms. The van der Waals surface area contributed by atoms with Gasteiger partial charge in [0.05, 0.1) is 18.0 Å². The maximum Gasteiger partial charge on any atom is 0.555 e. The van der Waals surface area contributed by atoms with E-state index in [4.69, 9.17) is 10.4 Å². The van der Waals surface area contributed by atoms with Crippen LogP contribution in [0.5, 0.6) is 5.75 Å². The Morgan fingerprint density at radius 2 is 2.24 bits per heavy atom. The van der Waals surface area contributed by atoms with E-state index < -0.39 is 13.0 Å². The third-order valence-electron chi connectivity index (χ3n) is 5.52. The number of anilines is 2. The molecule has 1 saturated carbocycles. The predicted octanol–water partition coefficient (Wildman–Crippen LogP) is 2.80. The van der Waals surface area contributed by atoms with Gasteiger partial charge in [0.1, 0.15) is 11.3 Å². The number of aromatic nitrogens is 2. The van der Waals surface area contributed by atoms with Crippen molar-refractivity contribution in [3.8, 4) is 11.8 Å². The van der Waals surface area contributed by atoms with Crippen molar-refractivity contribution in [3.63, 3.8) is 0 Å². The van der Waals surface area contributed by atoms with Crippen LogP contribution < -0.4 is 15.7 Å². The van der Waals surface area contributed by atoms with Crippen molar-refractivity contribution in [2.75, 3.05) is 5.32 Å². The average Bonchev–Trinajstić information content (AvgIpc) is 3.13. The molecule has 2 aliphatic rings. The van der Waals surface area contributed by atoms with Gasteiger partial charge in [-0.15, -0.1) is 0 Å². The number of hydrogen-bond acceptors (Lipinski definition) is 6. The van der Waals surface area contributed by atoms with Crippen LogP contribution in [-0.4, -0.2) is 27.8 Å². The highest BCUT2D eigenvalue weighted by atomic mass is 16.5. The molecule has 2 atom stereocenters. The Kier molecular flexibility index (Phi) is 5.03. The van der Waals surface area contributed by atoms with E-state index in [1.807, 2.05) is 12.1 Å². The summed E-state index contributed by atoms with van der Waals surface area (Å²) in [5.74, 6) is 0.228. The number of nitrogens with zero attached hydrogens (tertiary/aromatic N) is 3. The van der Waals surface area contributed by atoms with Gasteiger partial charge in [0, 0.05) is 17.4 Å². The van der Waals surface area contributed by atoms with Crippen molar-refractivity contribution in [2.24, 2.45) is 11.7 Å². The topological polar surface area (TPSA) is 126 Å². The summed E-state index contributed by atoms with van der Waals surface area (Å²) in [5, 5.41) is 27.0. The molecule has 1 fully saturated rings. The van der Waals surface area contributed by atoms with E-state index in [1.165, 1.54) is 0 Å². The number of allylic oxidation sites excluding steroid dienone is 1. The van der Waals surface area contributed by atoms with Gasteiger partial charge in [-0.25, -0.2) is 0 Å². The fourth-order valence-electron chi connectivity index (χ4n) is 3.93. The van der Waals surface area contributed by atoms with E-state index in [-0.39, 0.29) is 17.5 Å². The molecule has 9 heteroatoms. The molecule has 0 spiro atoms. The largest absolute Gasteiger partial charge is 0.555 e. The van der Waals surface area contributed by atoms with E-state index in [9.17, 15) is 15.1 Å². The minimum absolute atomic E-state index is 0.0635. The SMILES string of the molecule is CC1=Cc2cc(Nc3nn(C4CCCCC4C#N)cc3C(N)=O)ccc2OB1O. The van der Waals surface area contributed by atoms with Crippen LogP contribution in [0, 0.1) is 17.2 Å². The van der Waals surface area contributed by atoms with Gasteiger partial charge in [0.2, 0.25) is 0 Å². The van der Waals surface area contributed by atoms with E-state index in [1.54, 1.807) is 29.9 Å². The van der Waals surface area contributed by atoms with Gasteiger partial charge in [-0.05, 0) is 43.4 Å². The number of nitrogens with one attached hydrogen (secondary N) is 1. The van der Waals surface area contributed by atoms with Gasteiger partial charge in [-0.3, -0.25) is 9.48 Å². The van der Waals surface area contributed by atoms with Crippen molar-refractivity contribution in [1.82, 2.24) is 9.78 Å². The first kappa shape index (κ1) is 19.1. The van der Waals surface area contributed by atoms with E-state index >= 15 is 0 Å². The maximum absolute atomic E-state index is 12.0. The van der Waals surface area contributed by atoms with Crippen LogP contribution in [0.4, 0.5) is 11.5 Å². The zero-order valence-corrected chi connectivity index (χ0v) is 16.1. The monoisotopic (exact) mass is 391 g/mol. The standard InChI is InChI=1S/C20H22BN5O3/c1-12-8-14-9-15(6-7-18(14)29-21(12)28)24-20-16(19(23)27)11-26(25-20)17-5-3-2-4-13(17)10-22/h6-9,11,13,17,28H,2-5H2,1H3,(H2,23,27)(H,24,25). The third-order valence-corrected chi connectivity index (χ3v) is 5.52. The Hall–Kier alpha value is -3.25. The Morgan fingerprint density at radius 1 is 1.45 bits per heavy atom. The second-order valence-electron chi connectivity index (χ2n) is 7.56. The molecular formula is C20H22BN5O3. The summed E-state index contributed by atoms with van der Waals surface area (Å²) in [4.78, 5) is 12.0. The number of hydrogen-bond donors (Lipinski definition) is 3. The van der Waals surface area contributed by atoms with E-state index in [0.29, 0.717) is 22.7 Å². The summed E-state index contributed by atoms with van der Waals surface area (Å²) >= 11 is 0. The number of amides is 1. The molecule has 29 heavy (non-hydrogen) atoms. The Morgan fingerprint density at radius 3 is 3.00 bits per heavy atom. The lowest BCUT2D eigenvalue weighted by Gasteiger charge is -2.26. The van der Waals surface area contributed by atoms with Crippen molar-refractivity contribution < 1.29 is 14.5 Å². The number of benzene rings is 1. The molecule has 4 rings (SSSR count). The molecule has 1 aromatic carbocycles. The van der Waals surface area contributed by atoms with Gasteiger partial charge >= 0.3 is 7.12 Å². The fourth-order valence-corrected chi connectivity index (χ4v) is 3.93. The second kappa shape index (κ2) is 7.64. The maximum atomic E-state index is 12.0. The first-order valence-electron chi connectivity index (χ1n) is 9.69. The van der Waals surface area contributed by atoms with Gasteiger partial charge in [-0.1, -0.05) is 18.9 Å². The summed E-state index contributed by atoms with van der Waals surface area (Å²) in [6.45, 7) is 1.79. The van der Waals surface area contributed by atoms with Crippen molar-refractivity contribution in [1.29, 1.82) is 5.26 Å². The molecule has 2 heterocycles. The van der Waals surface area contributed by atoms with Gasteiger partial charge in [0.25, 0.3) is 5.91 Å². The van der Waals surface area contributed by atoms with Crippen molar-refractivity contribution >= 4 is 30.6 Å². The quantitative estimate of drug-likeness (QED) is 0.688. The number of primary amides is 1. The second-order valence-corrected chi connectivity index (χ2v) is 7.56. The highest BCUT2D eigenvalue weighted by Gasteiger charge is 2.29. The van der Waals surface area contributed by atoms with Gasteiger partial charge in [-0.2, -0.15) is 10.4 Å². The summed E-state index contributed by atoms with van der Waals surface area (Å²) < 4.78 is 7.16. The number of carbonyl (C=O) groups is 1. The molecule has 1 amide bonds. The first-order chi connectivity index (χ1) is 14.0. The number of nitriles is 1. The lowest BCUT2D eigenvalue weighted by atomic mass is 9.76. The Bertz CT molecular complexity index is 1030. The summed E-state index contributed by atoms with van der Waals surface area (Å²) in [6, 6.07) is 7.68. The van der Waals surface area contributed by atoms with Crippen LogP contribution in [0.15, 0.2) is 29.9 Å². The average molecular weight is 391 g/mol. The number of fused-ring (bicyclic) bond motifs is 1. The minimum atomic E-state index is -0.943. The van der Waals surface area contributed by atoms with E-state index in [2.05, 4.69) is 16.5 Å². The summed E-state index contributed by atoms with van der Waals surface area (Å²) in [6.07, 6.45) is 7.22. The molecule has 8 nitrogen and oxygen atoms in total. The van der Waals surface area contributed by atoms with Gasteiger partial charge in [0.15, 0.2) is 5.82 Å². The number of nitrogens with two attached hydrogens (primary N) is 1. The van der Waals surface area contributed by atoms with Crippen LogP contribution in [-0.2, 0) is 0 Å². The first-order valence-corrected chi connectivity index (χ1v) is 9.69. The molecule has 1 aliphatic carbocycles. The Balaban J connectivity index is 1.64. The molecule has 1 aromatic heterocycles. The van der Waals surface area contributed by atoms with E-state index in [0.717, 1.165) is 31.2 Å². The zero-order chi connectivity index (χ0) is 20.5. The lowest BCUT2D eigenvalue weighted by molar-refractivity contribution is 0.100. The smallest absolute Gasteiger partial charge is 0.532 e. The molecule has 4 N–H and O–H groups in total. The van der Waals surface area contributed by atoms with Crippen LogP contribution in [0.3, 0.4) is 0 Å². The molecule has 2 aromatic rings. The van der Waals surface area contributed by atoms with Crippen molar-refractivity contribution in [2.45, 2.75) is 38.6 Å². The molecule has 1 aliphatic heterocycles. The normalized spacial score (nSPS) is 20.9. The molecule has 2 unspecified atom stereocenters. The molecule has 0 saturated heterocycles. The molecule has 148 valence electrons. The predicted molar refractivity (Wildman–Crippen MR) is 109 cm³/mol. The highest BCUT2D eigenvalue weighted by molar-refractivity contribution is 6.54. The van der Waals surface area contributed by atoms with Crippen LogP contribution in [0.25, 0.3) is 6.08 Å². The summed E-state index contributed by atoms with van der Waals surface area (Å²) in [5.41, 5.74) is 8.08. The van der Waals surface area contributed by atoms with Crippen LogP contribution in [0.2, 0.25) is 0 Å². The lowest BCUT2D eigenvalue weighted by Crippen LogP contribution is -2.26. The minimum Gasteiger partial charge on any atom is -0.532 e. The highest BCUT2D eigenvalue weighted by Crippen LogP contribution is 2.35. The molecule has 0 radical (unpaired) electrons. The van der Waals surface area contributed by atoms with Crippen LogP contribution >= 0.6 is 0 Å². The van der Waals surface area contributed by atoms with Crippen LogP contribution in [0.1, 0.15) is 54.6 Å². The fraction of sp³-hybridized carbons (Fsp3) is 0.350. The molecular weight excluding hydrogens is 369 g/mol. The Labute approximate surface area is 169 Å². The van der Waals surface area contributed by atoms with Gasteiger partial charge < -0.3 is 20.7 Å². The van der Waals surface area contributed by atoms with Crippen molar-refractivity contribution in [3.05, 3.63) is 41.0 Å². The zero-order valence-electron chi connectivity index (χ0n) is 16.1. The number of rotatable bonds is 4.